The van der Waals surface area contributed by atoms with Crippen LogP contribution in [-0.2, 0) is 6.42 Å². The summed E-state index contributed by atoms with van der Waals surface area (Å²) in [4.78, 5) is 14.2. The number of amides is 1. The van der Waals surface area contributed by atoms with Crippen molar-refractivity contribution in [3.8, 4) is 0 Å². The van der Waals surface area contributed by atoms with Crippen LogP contribution in [0.15, 0.2) is 24.3 Å². The van der Waals surface area contributed by atoms with Crippen molar-refractivity contribution >= 4 is 17.5 Å². The molecule has 0 heterocycles. The Hall–Kier alpha value is -1.02. The van der Waals surface area contributed by atoms with E-state index in [1.165, 1.54) is 5.56 Å². The fourth-order valence-corrected chi connectivity index (χ4v) is 2.16. The number of alkyl halides is 1. The minimum atomic E-state index is 0.121. The number of halogens is 1. The normalized spacial score (nSPS) is 14.7. The van der Waals surface area contributed by atoms with Crippen LogP contribution < -0.4 is 0 Å². The van der Waals surface area contributed by atoms with Gasteiger partial charge in [-0.1, -0.05) is 19.1 Å². The molecule has 1 amide bonds. The highest BCUT2D eigenvalue weighted by Gasteiger charge is 2.32. The van der Waals surface area contributed by atoms with Crippen LogP contribution in [0.3, 0.4) is 0 Å². The number of hydrogen-bond acceptors (Lipinski definition) is 1. The lowest BCUT2D eigenvalue weighted by Crippen LogP contribution is -2.34. The maximum absolute atomic E-state index is 12.3. The summed E-state index contributed by atoms with van der Waals surface area (Å²) >= 11 is 5.75. The van der Waals surface area contributed by atoms with Crippen molar-refractivity contribution in [2.45, 2.75) is 32.2 Å². The van der Waals surface area contributed by atoms with Crippen LogP contribution in [0.5, 0.6) is 0 Å². The number of carbonyl (C=O) groups is 1. The predicted molar refractivity (Wildman–Crippen MR) is 70.6 cm³/mol. The minimum Gasteiger partial charge on any atom is -0.334 e. The largest absolute Gasteiger partial charge is 0.334 e. The Bertz CT molecular complexity index is 384. The number of aryl methyl sites for hydroxylation is 1. The van der Waals surface area contributed by atoms with E-state index in [2.05, 4.69) is 6.92 Å². The molecular weight excluding hydrogens is 234 g/mol. The van der Waals surface area contributed by atoms with E-state index in [1.807, 2.05) is 29.2 Å². The molecule has 2 rings (SSSR count). The lowest BCUT2D eigenvalue weighted by atomic mass is 10.1. The second kappa shape index (κ2) is 5.54. The zero-order chi connectivity index (χ0) is 12.3. The van der Waals surface area contributed by atoms with Crippen LogP contribution in [0, 0.1) is 0 Å². The summed E-state index contributed by atoms with van der Waals surface area (Å²) in [5, 5.41) is 0. The summed E-state index contributed by atoms with van der Waals surface area (Å²) in [7, 11) is 0. The van der Waals surface area contributed by atoms with Crippen LogP contribution in [0.25, 0.3) is 0 Å². The van der Waals surface area contributed by atoms with E-state index in [0.717, 1.165) is 24.8 Å². The number of carbonyl (C=O) groups excluding carboxylic acids is 1. The first kappa shape index (κ1) is 12.4. The molecule has 1 aromatic rings. The lowest BCUT2D eigenvalue weighted by Gasteiger charge is -2.21. The van der Waals surface area contributed by atoms with Gasteiger partial charge in [-0.2, -0.15) is 0 Å². The molecule has 1 aliphatic carbocycles. The van der Waals surface area contributed by atoms with Crippen LogP contribution in [-0.4, -0.2) is 29.3 Å². The Labute approximate surface area is 108 Å². The number of rotatable bonds is 5. The van der Waals surface area contributed by atoms with Gasteiger partial charge in [0.05, 0.1) is 0 Å². The van der Waals surface area contributed by atoms with Gasteiger partial charge in [0.25, 0.3) is 5.91 Å². The highest BCUT2D eigenvalue weighted by atomic mass is 35.5. The van der Waals surface area contributed by atoms with Gasteiger partial charge in [-0.05, 0) is 37.0 Å². The van der Waals surface area contributed by atoms with E-state index < -0.39 is 0 Å². The van der Waals surface area contributed by atoms with Gasteiger partial charge in [0, 0.05) is 24.0 Å². The van der Waals surface area contributed by atoms with Crippen molar-refractivity contribution in [1.29, 1.82) is 0 Å². The quantitative estimate of drug-likeness (QED) is 0.737. The SMILES string of the molecule is CCc1ccc(C(=O)N(CCCl)C2CC2)cc1. The molecule has 1 fully saturated rings. The molecule has 0 saturated heterocycles. The Morgan fingerprint density at radius 3 is 2.47 bits per heavy atom. The summed E-state index contributed by atoms with van der Waals surface area (Å²) in [6.45, 7) is 2.77. The predicted octanol–water partition coefficient (Wildman–Crippen LogP) is 3.09. The molecule has 0 unspecified atom stereocenters. The summed E-state index contributed by atoms with van der Waals surface area (Å²) in [5.74, 6) is 0.630. The molecule has 3 heteroatoms. The van der Waals surface area contributed by atoms with Gasteiger partial charge in [-0.25, -0.2) is 0 Å². The van der Waals surface area contributed by atoms with Crippen molar-refractivity contribution in [2.75, 3.05) is 12.4 Å². The van der Waals surface area contributed by atoms with Crippen molar-refractivity contribution in [3.05, 3.63) is 35.4 Å². The zero-order valence-corrected chi connectivity index (χ0v) is 10.9. The van der Waals surface area contributed by atoms with Crippen LogP contribution in [0.2, 0.25) is 0 Å². The average Bonchev–Trinajstić information content (AvgIpc) is 3.19. The Balaban J connectivity index is 2.10. The summed E-state index contributed by atoms with van der Waals surface area (Å²) in [6, 6.07) is 8.32. The van der Waals surface area contributed by atoms with E-state index in [4.69, 9.17) is 11.6 Å². The van der Waals surface area contributed by atoms with Gasteiger partial charge in [0.1, 0.15) is 0 Å². The first-order valence-corrected chi connectivity index (χ1v) is 6.75. The van der Waals surface area contributed by atoms with Crippen molar-refractivity contribution in [2.24, 2.45) is 0 Å². The summed E-state index contributed by atoms with van der Waals surface area (Å²) < 4.78 is 0. The molecule has 1 saturated carbocycles. The van der Waals surface area contributed by atoms with Crippen molar-refractivity contribution in [1.82, 2.24) is 4.90 Å². The molecule has 2 nitrogen and oxygen atoms in total. The number of hydrogen-bond donors (Lipinski definition) is 0. The second-order valence-corrected chi connectivity index (χ2v) is 4.85. The molecular formula is C14H18ClNO. The third-order valence-electron chi connectivity index (χ3n) is 3.18. The van der Waals surface area contributed by atoms with Crippen LogP contribution in [0.1, 0.15) is 35.7 Å². The van der Waals surface area contributed by atoms with Crippen molar-refractivity contribution in [3.63, 3.8) is 0 Å². The molecule has 0 aliphatic heterocycles. The van der Waals surface area contributed by atoms with E-state index in [0.29, 0.717) is 18.5 Å². The monoisotopic (exact) mass is 251 g/mol. The van der Waals surface area contributed by atoms with Crippen LogP contribution >= 0.6 is 11.6 Å². The van der Waals surface area contributed by atoms with Gasteiger partial charge in [-0.3, -0.25) is 4.79 Å². The Kier molecular flexibility index (Phi) is 4.06. The standard InChI is InChI=1S/C14H18ClNO/c1-2-11-3-5-12(6-4-11)14(17)16(10-9-15)13-7-8-13/h3-6,13H,2,7-10H2,1H3. The molecule has 0 atom stereocenters. The van der Waals surface area contributed by atoms with Gasteiger partial charge in [-0.15, -0.1) is 11.6 Å². The summed E-state index contributed by atoms with van der Waals surface area (Å²) in [6.07, 6.45) is 3.24. The molecule has 0 N–H and O–H groups in total. The summed E-state index contributed by atoms with van der Waals surface area (Å²) in [5.41, 5.74) is 2.04. The molecule has 1 aliphatic rings. The molecule has 0 bridgehead atoms. The average molecular weight is 252 g/mol. The topological polar surface area (TPSA) is 20.3 Å². The Morgan fingerprint density at radius 2 is 2.00 bits per heavy atom. The number of benzene rings is 1. The molecule has 17 heavy (non-hydrogen) atoms. The fourth-order valence-electron chi connectivity index (χ4n) is 1.98. The van der Waals surface area contributed by atoms with Gasteiger partial charge in [0.15, 0.2) is 0 Å². The molecule has 92 valence electrons. The fraction of sp³-hybridized carbons (Fsp3) is 0.500. The highest BCUT2D eigenvalue weighted by Crippen LogP contribution is 2.28. The van der Waals surface area contributed by atoms with E-state index in [-0.39, 0.29) is 5.91 Å². The first-order chi connectivity index (χ1) is 8.26. The van der Waals surface area contributed by atoms with E-state index in [1.54, 1.807) is 0 Å². The van der Waals surface area contributed by atoms with Crippen molar-refractivity contribution < 1.29 is 4.79 Å². The zero-order valence-electron chi connectivity index (χ0n) is 10.2. The maximum atomic E-state index is 12.3. The van der Waals surface area contributed by atoms with E-state index >= 15 is 0 Å². The molecule has 0 spiro atoms. The van der Waals surface area contributed by atoms with Gasteiger partial charge >= 0.3 is 0 Å². The number of nitrogens with zero attached hydrogens (tertiary/aromatic N) is 1. The Morgan fingerprint density at radius 1 is 1.35 bits per heavy atom. The molecule has 0 aromatic heterocycles. The molecule has 1 aromatic carbocycles. The minimum absolute atomic E-state index is 0.121. The first-order valence-electron chi connectivity index (χ1n) is 6.22. The molecule has 0 radical (unpaired) electrons. The third-order valence-corrected chi connectivity index (χ3v) is 3.35. The smallest absolute Gasteiger partial charge is 0.254 e. The lowest BCUT2D eigenvalue weighted by molar-refractivity contribution is 0.0753. The second-order valence-electron chi connectivity index (χ2n) is 4.47. The third kappa shape index (κ3) is 3.01. The van der Waals surface area contributed by atoms with Gasteiger partial charge < -0.3 is 4.90 Å². The maximum Gasteiger partial charge on any atom is 0.254 e. The van der Waals surface area contributed by atoms with Crippen LogP contribution in [0.4, 0.5) is 0 Å². The van der Waals surface area contributed by atoms with E-state index in [9.17, 15) is 4.79 Å². The highest BCUT2D eigenvalue weighted by molar-refractivity contribution is 6.18. The van der Waals surface area contributed by atoms with Gasteiger partial charge in [0.2, 0.25) is 0 Å².